The first-order valence-electron chi connectivity index (χ1n) is 5.03. The highest BCUT2D eigenvalue weighted by Gasteiger charge is 2.14. The lowest BCUT2D eigenvalue weighted by Crippen LogP contribution is -2.34. The predicted molar refractivity (Wildman–Crippen MR) is 66.3 cm³/mol. The zero-order chi connectivity index (χ0) is 12.0. The van der Waals surface area contributed by atoms with Gasteiger partial charge in [-0.05, 0) is 19.1 Å². The van der Waals surface area contributed by atoms with E-state index in [0.717, 1.165) is 5.69 Å². The third-order valence-corrected chi connectivity index (χ3v) is 2.49. The van der Waals surface area contributed by atoms with Crippen LogP contribution in [-0.2, 0) is 0 Å². The summed E-state index contributed by atoms with van der Waals surface area (Å²) in [6, 6.07) is 3.58. The molecule has 0 radical (unpaired) electrons. The molecule has 0 atom stereocenters. The fourth-order valence-corrected chi connectivity index (χ4v) is 1.70. The van der Waals surface area contributed by atoms with Crippen molar-refractivity contribution in [3.63, 3.8) is 0 Å². The van der Waals surface area contributed by atoms with Gasteiger partial charge < -0.3 is 4.90 Å². The standard InChI is InChI=1S/C11H14Cl2N2O/c1-9-2-3-10(8-14-9)11(16)15(6-4-12)7-5-13/h2-3,8H,4-7H2,1H3. The largest absolute Gasteiger partial charge is 0.336 e. The van der Waals surface area contributed by atoms with Crippen molar-refractivity contribution >= 4 is 29.1 Å². The van der Waals surface area contributed by atoms with Gasteiger partial charge in [0.15, 0.2) is 0 Å². The number of nitrogens with zero attached hydrogens (tertiary/aromatic N) is 2. The molecule has 1 amide bonds. The van der Waals surface area contributed by atoms with Crippen LogP contribution in [0.2, 0.25) is 0 Å². The summed E-state index contributed by atoms with van der Waals surface area (Å²) in [6.07, 6.45) is 1.58. The number of pyridine rings is 1. The second kappa shape index (κ2) is 6.71. The van der Waals surface area contributed by atoms with E-state index in [-0.39, 0.29) is 5.91 Å². The molecule has 0 unspecified atom stereocenters. The summed E-state index contributed by atoms with van der Waals surface area (Å²) in [6.45, 7) is 2.88. The molecule has 0 spiro atoms. The van der Waals surface area contributed by atoms with Gasteiger partial charge in [-0.1, -0.05) is 0 Å². The van der Waals surface area contributed by atoms with Crippen LogP contribution in [0.25, 0.3) is 0 Å². The van der Waals surface area contributed by atoms with E-state index in [1.54, 1.807) is 17.2 Å². The number of aromatic nitrogens is 1. The molecule has 0 aliphatic rings. The third-order valence-electron chi connectivity index (χ3n) is 2.15. The van der Waals surface area contributed by atoms with Crippen LogP contribution in [0.4, 0.5) is 0 Å². The fourth-order valence-electron chi connectivity index (χ4n) is 1.30. The average Bonchev–Trinajstić information content (AvgIpc) is 2.29. The van der Waals surface area contributed by atoms with Gasteiger partial charge in [0.2, 0.25) is 0 Å². The minimum atomic E-state index is -0.0752. The number of rotatable bonds is 5. The summed E-state index contributed by atoms with van der Waals surface area (Å²) in [7, 11) is 0. The fraction of sp³-hybridized carbons (Fsp3) is 0.455. The highest BCUT2D eigenvalue weighted by molar-refractivity contribution is 6.18. The molecule has 1 rings (SSSR count). The molecule has 0 aromatic carbocycles. The predicted octanol–water partition coefficient (Wildman–Crippen LogP) is 2.31. The minimum Gasteiger partial charge on any atom is -0.336 e. The molecular weight excluding hydrogens is 247 g/mol. The maximum atomic E-state index is 12.0. The Balaban J connectivity index is 2.77. The Bertz CT molecular complexity index is 334. The molecule has 0 bridgehead atoms. The molecule has 1 aromatic rings. The monoisotopic (exact) mass is 260 g/mol. The van der Waals surface area contributed by atoms with Crippen molar-refractivity contribution in [2.24, 2.45) is 0 Å². The molecule has 0 aliphatic heterocycles. The van der Waals surface area contributed by atoms with Crippen LogP contribution in [0.1, 0.15) is 16.1 Å². The van der Waals surface area contributed by atoms with E-state index >= 15 is 0 Å². The molecule has 0 saturated carbocycles. The van der Waals surface area contributed by atoms with E-state index in [4.69, 9.17) is 23.2 Å². The van der Waals surface area contributed by atoms with Crippen molar-refractivity contribution in [3.8, 4) is 0 Å². The first kappa shape index (κ1) is 13.3. The van der Waals surface area contributed by atoms with Gasteiger partial charge in [0.1, 0.15) is 0 Å². The maximum Gasteiger partial charge on any atom is 0.255 e. The van der Waals surface area contributed by atoms with Crippen molar-refractivity contribution in [3.05, 3.63) is 29.6 Å². The molecule has 0 aliphatic carbocycles. The van der Waals surface area contributed by atoms with Gasteiger partial charge in [-0.2, -0.15) is 0 Å². The van der Waals surface area contributed by atoms with Gasteiger partial charge >= 0.3 is 0 Å². The zero-order valence-electron chi connectivity index (χ0n) is 9.12. The van der Waals surface area contributed by atoms with Crippen molar-refractivity contribution < 1.29 is 4.79 Å². The lowest BCUT2D eigenvalue weighted by atomic mass is 10.2. The Hall–Kier alpha value is -0.800. The average molecular weight is 261 g/mol. The lowest BCUT2D eigenvalue weighted by Gasteiger charge is -2.20. The van der Waals surface area contributed by atoms with E-state index in [2.05, 4.69) is 4.98 Å². The molecule has 0 fully saturated rings. The van der Waals surface area contributed by atoms with Crippen molar-refractivity contribution in [2.75, 3.05) is 24.8 Å². The molecule has 16 heavy (non-hydrogen) atoms. The van der Waals surface area contributed by atoms with Crippen molar-refractivity contribution in [2.45, 2.75) is 6.92 Å². The Morgan fingerprint density at radius 3 is 2.38 bits per heavy atom. The SMILES string of the molecule is Cc1ccc(C(=O)N(CCCl)CCCl)cn1. The summed E-state index contributed by atoms with van der Waals surface area (Å²) >= 11 is 11.3. The van der Waals surface area contributed by atoms with Gasteiger partial charge in [0.25, 0.3) is 5.91 Å². The van der Waals surface area contributed by atoms with Crippen LogP contribution in [0.5, 0.6) is 0 Å². The van der Waals surface area contributed by atoms with E-state index in [0.29, 0.717) is 30.4 Å². The second-order valence-corrected chi connectivity index (χ2v) is 4.11. The Kier molecular flexibility index (Phi) is 5.56. The van der Waals surface area contributed by atoms with Gasteiger partial charge in [0, 0.05) is 36.7 Å². The molecule has 5 heteroatoms. The number of amides is 1. The zero-order valence-corrected chi connectivity index (χ0v) is 10.6. The summed E-state index contributed by atoms with van der Waals surface area (Å²) in [4.78, 5) is 17.7. The van der Waals surface area contributed by atoms with E-state index in [1.807, 2.05) is 13.0 Å². The molecule has 3 nitrogen and oxygen atoms in total. The van der Waals surface area contributed by atoms with Gasteiger partial charge in [-0.25, -0.2) is 0 Å². The number of hydrogen-bond acceptors (Lipinski definition) is 2. The number of aryl methyl sites for hydroxylation is 1. The molecule has 88 valence electrons. The van der Waals surface area contributed by atoms with E-state index in [1.165, 1.54) is 0 Å². The van der Waals surface area contributed by atoms with Crippen LogP contribution in [0.3, 0.4) is 0 Å². The van der Waals surface area contributed by atoms with Gasteiger partial charge in [-0.3, -0.25) is 9.78 Å². The first-order chi connectivity index (χ1) is 7.69. The maximum absolute atomic E-state index is 12.0. The molecule has 1 heterocycles. The molecule has 1 aromatic heterocycles. The highest BCUT2D eigenvalue weighted by Crippen LogP contribution is 2.05. The Labute approximate surface area is 105 Å². The van der Waals surface area contributed by atoms with Crippen molar-refractivity contribution in [1.82, 2.24) is 9.88 Å². The number of carbonyl (C=O) groups excluding carboxylic acids is 1. The first-order valence-corrected chi connectivity index (χ1v) is 6.09. The van der Waals surface area contributed by atoms with Crippen LogP contribution in [0.15, 0.2) is 18.3 Å². The van der Waals surface area contributed by atoms with E-state index in [9.17, 15) is 4.79 Å². The number of alkyl halides is 2. The smallest absolute Gasteiger partial charge is 0.255 e. The van der Waals surface area contributed by atoms with Crippen LogP contribution < -0.4 is 0 Å². The summed E-state index contributed by atoms with van der Waals surface area (Å²) in [5.41, 5.74) is 1.46. The minimum absolute atomic E-state index is 0.0752. The second-order valence-electron chi connectivity index (χ2n) is 3.36. The van der Waals surface area contributed by atoms with Gasteiger partial charge in [0.05, 0.1) is 5.56 Å². The quantitative estimate of drug-likeness (QED) is 0.762. The highest BCUT2D eigenvalue weighted by atomic mass is 35.5. The van der Waals surface area contributed by atoms with E-state index < -0.39 is 0 Å². The number of halogens is 2. The van der Waals surface area contributed by atoms with Crippen LogP contribution in [0, 0.1) is 6.92 Å². The topological polar surface area (TPSA) is 33.2 Å². The van der Waals surface area contributed by atoms with Crippen LogP contribution >= 0.6 is 23.2 Å². The molecule has 0 saturated heterocycles. The molecule has 0 N–H and O–H groups in total. The Morgan fingerprint density at radius 2 is 1.94 bits per heavy atom. The number of carbonyl (C=O) groups is 1. The summed E-state index contributed by atoms with van der Waals surface area (Å²) in [5.74, 6) is 0.734. The number of hydrogen-bond donors (Lipinski definition) is 0. The van der Waals surface area contributed by atoms with Crippen LogP contribution in [-0.4, -0.2) is 40.6 Å². The van der Waals surface area contributed by atoms with Crippen molar-refractivity contribution in [1.29, 1.82) is 0 Å². The third kappa shape index (κ3) is 3.65. The summed E-state index contributed by atoms with van der Waals surface area (Å²) in [5, 5.41) is 0. The summed E-state index contributed by atoms with van der Waals surface area (Å²) < 4.78 is 0. The Morgan fingerprint density at radius 1 is 1.31 bits per heavy atom. The lowest BCUT2D eigenvalue weighted by molar-refractivity contribution is 0.0774. The normalized spacial score (nSPS) is 10.2. The van der Waals surface area contributed by atoms with Gasteiger partial charge in [-0.15, -0.1) is 23.2 Å². The molecular formula is C11H14Cl2N2O.